The van der Waals surface area contributed by atoms with Crippen LogP contribution in [0, 0.1) is 5.82 Å². The monoisotopic (exact) mass is 426 g/mol. The summed E-state index contributed by atoms with van der Waals surface area (Å²) in [5.41, 5.74) is 0.398. The number of halogens is 2. The van der Waals surface area contributed by atoms with E-state index in [0.29, 0.717) is 13.2 Å². The molecule has 1 aliphatic heterocycles. The van der Waals surface area contributed by atoms with Crippen LogP contribution in [0.5, 0.6) is 0 Å². The van der Waals surface area contributed by atoms with Gasteiger partial charge in [0.05, 0.1) is 23.8 Å². The number of hydrogen-bond acceptors (Lipinski definition) is 4. The fourth-order valence-corrected chi connectivity index (χ4v) is 4.51. The molecule has 9 heteroatoms. The van der Waals surface area contributed by atoms with E-state index in [1.807, 2.05) is 13.8 Å². The summed E-state index contributed by atoms with van der Waals surface area (Å²) in [6, 6.07) is 8.87. The third-order valence-corrected chi connectivity index (χ3v) is 6.30. The number of nitrogens with zero attached hydrogens (tertiary/aromatic N) is 1. The van der Waals surface area contributed by atoms with Gasteiger partial charge in [0.2, 0.25) is 0 Å². The average Bonchev–Trinajstić information content (AvgIpc) is 2.65. The van der Waals surface area contributed by atoms with E-state index in [9.17, 15) is 17.6 Å². The van der Waals surface area contributed by atoms with Gasteiger partial charge in [0, 0.05) is 17.8 Å². The van der Waals surface area contributed by atoms with Crippen LogP contribution in [-0.2, 0) is 14.8 Å². The standard InChI is InChI=1S/C19H20ClFN2O4S/c1-12-11-27-13(2)10-23(12)19(24)14-3-8-17(20)18(9-14)28(25,26)22-16-6-4-15(21)5-7-16/h3-9,12-13,22H,10-11H2,1-2H3/t12-,13+/m1/s1. The first kappa shape index (κ1) is 20.6. The second-order valence-electron chi connectivity index (χ2n) is 6.71. The van der Waals surface area contributed by atoms with Gasteiger partial charge in [-0.15, -0.1) is 0 Å². The number of carbonyl (C=O) groups excluding carboxylic acids is 1. The SMILES string of the molecule is C[C@@H]1CO[C@@H](C)CN1C(=O)c1ccc(Cl)c(S(=O)(=O)Nc2ccc(F)cc2)c1. The molecule has 0 spiro atoms. The summed E-state index contributed by atoms with van der Waals surface area (Å²) >= 11 is 6.09. The van der Waals surface area contributed by atoms with Crippen LogP contribution < -0.4 is 4.72 Å². The first-order valence-corrected chi connectivity index (χ1v) is 10.5. The van der Waals surface area contributed by atoms with E-state index in [1.165, 1.54) is 30.3 Å². The average molecular weight is 427 g/mol. The number of morpholine rings is 1. The summed E-state index contributed by atoms with van der Waals surface area (Å²) in [6.07, 6.45) is -0.101. The number of carbonyl (C=O) groups is 1. The van der Waals surface area contributed by atoms with Crippen LogP contribution >= 0.6 is 11.6 Å². The zero-order chi connectivity index (χ0) is 20.5. The van der Waals surface area contributed by atoms with Gasteiger partial charge in [0.25, 0.3) is 15.9 Å². The maximum absolute atomic E-state index is 13.0. The lowest BCUT2D eigenvalue weighted by Gasteiger charge is -2.36. The zero-order valence-corrected chi connectivity index (χ0v) is 16.9. The van der Waals surface area contributed by atoms with Crippen molar-refractivity contribution in [1.29, 1.82) is 0 Å². The molecular weight excluding hydrogens is 407 g/mol. The van der Waals surface area contributed by atoms with E-state index in [1.54, 1.807) is 4.90 Å². The van der Waals surface area contributed by atoms with E-state index in [-0.39, 0.29) is 39.2 Å². The highest BCUT2D eigenvalue weighted by molar-refractivity contribution is 7.92. The fourth-order valence-electron chi connectivity index (χ4n) is 2.92. The number of amides is 1. The second kappa shape index (κ2) is 8.06. The molecule has 1 fully saturated rings. The highest BCUT2D eigenvalue weighted by Gasteiger charge is 2.29. The van der Waals surface area contributed by atoms with Crippen molar-refractivity contribution < 1.29 is 22.3 Å². The number of nitrogens with one attached hydrogen (secondary N) is 1. The molecule has 0 aliphatic carbocycles. The van der Waals surface area contributed by atoms with Crippen molar-refractivity contribution in [2.45, 2.75) is 30.9 Å². The molecule has 3 rings (SSSR count). The smallest absolute Gasteiger partial charge is 0.263 e. The maximum Gasteiger partial charge on any atom is 0.263 e. The van der Waals surface area contributed by atoms with Crippen molar-refractivity contribution >= 4 is 33.2 Å². The predicted molar refractivity (Wildman–Crippen MR) is 105 cm³/mol. The largest absolute Gasteiger partial charge is 0.375 e. The summed E-state index contributed by atoms with van der Waals surface area (Å²) in [7, 11) is -4.07. The molecule has 0 radical (unpaired) electrons. The summed E-state index contributed by atoms with van der Waals surface area (Å²) in [5.74, 6) is -0.778. The second-order valence-corrected chi connectivity index (χ2v) is 8.77. The number of ether oxygens (including phenoxy) is 1. The van der Waals surface area contributed by atoms with Crippen molar-refractivity contribution in [2.75, 3.05) is 17.9 Å². The van der Waals surface area contributed by atoms with Gasteiger partial charge in [0.15, 0.2) is 0 Å². The third kappa shape index (κ3) is 4.45. The lowest BCUT2D eigenvalue weighted by Crippen LogP contribution is -2.50. The Hall–Kier alpha value is -2.16. The third-order valence-electron chi connectivity index (χ3n) is 4.43. The zero-order valence-electron chi connectivity index (χ0n) is 15.4. The minimum absolute atomic E-state index is 0.0189. The van der Waals surface area contributed by atoms with Crippen LogP contribution in [0.3, 0.4) is 0 Å². The minimum Gasteiger partial charge on any atom is -0.375 e. The molecule has 2 aromatic carbocycles. The molecule has 1 N–H and O–H groups in total. The Balaban J connectivity index is 1.90. The molecule has 1 aliphatic rings. The molecule has 0 unspecified atom stereocenters. The maximum atomic E-state index is 13.0. The number of sulfonamides is 1. The number of rotatable bonds is 4. The Bertz CT molecular complexity index is 982. The van der Waals surface area contributed by atoms with Crippen molar-refractivity contribution in [3.05, 3.63) is 58.9 Å². The fraction of sp³-hybridized carbons (Fsp3) is 0.316. The quantitative estimate of drug-likeness (QED) is 0.811. The van der Waals surface area contributed by atoms with E-state index < -0.39 is 15.8 Å². The summed E-state index contributed by atoms with van der Waals surface area (Å²) in [6.45, 7) is 4.57. The molecule has 150 valence electrons. The van der Waals surface area contributed by atoms with Gasteiger partial charge in [-0.25, -0.2) is 12.8 Å². The van der Waals surface area contributed by atoms with Crippen LogP contribution in [0.2, 0.25) is 5.02 Å². The van der Waals surface area contributed by atoms with Gasteiger partial charge in [-0.3, -0.25) is 9.52 Å². The van der Waals surface area contributed by atoms with Crippen molar-refractivity contribution in [2.24, 2.45) is 0 Å². The topological polar surface area (TPSA) is 75.7 Å². The number of hydrogen-bond donors (Lipinski definition) is 1. The van der Waals surface area contributed by atoms with E-state index in [0.717, 1.165) is 12.1 Å². The van der Waals surface area contributed by atoms with Gasteiger partial charge in [-0.05, 0) is 56.3 Å². The predicted octanol–water partition coefficient (Wildman–Crippen LogP) is 3.53. The Morgan fingerprint density at radius 3 is 2.57 bits per heavy atom. The van der Waals surface area contributed by atoms with Crippen LogP contribution in [-0.4, -0.2) is 44.5 Å². The number of anilines is 1. The van der Waals surface area contributed by atoms with Crippen LogP contribution in [0.1, 0.15) is 24.2 Å². The molecule has 2 aromatic rings. The van der Waals surface area contributed by atoms with E-state index >= 15 is 0 Å². The van der Waals surface area contributed by atoms with Crippen LogP contribution in [0.25, 0.3) is 0 Å². The molecule has 0 saturated carbocycles. The van der Waals surface area contributed by atoms with Crippen molar-refractivity contribution in [3.63, 3.8) is 0 Å². The van der Waals surface area contributed by atoms with E-state index in [2.05, 4.69) is 4.72 Å². The molecule has 0 aromatic heterocycles. The minimum atomic E-state index is -4.07. The van der Waals surface area contributed by atoms with Crippen molar-refractivity contribution in [3.8, 4) is 0 Å². The lowest BCUT2D eigenvalue weighted by molar-refractivity contribution is -0.0387. The lowest BCUT2D eigenvalue weighted by atomic mass is 10.1. The Morgan fingerprint density at radius 1 is 1.21 bits per heavy atom. The van der Waals surface area contributed by atoms with Gasteiger partial charge in [0.1, 0.15) is 10.7 Å². The molecule has 1 saturated heterocycles. The first-order valence-electron chi connectivity index (χ1n) is 8.68. The molecule has 6 nitrogen and oxygen atoms in total. The number of benzene rings is 2. The normalized spacial score (nSPS) is 20.1. The highest BCUT2D eigenvalue weighted by atomic mass is 35.5. The molecule has 1 heterocycles. The first-order chi connectivity index (χ1) is 13.2. The van der Waals surface area contributed by atoms with Gasteiger partial charge in [-0.2, -0.15) is 0 Å². The van der Waals surface area contributed by atoms with Gasteiger partial charge >= 0.3 is 0 Å². The van der Waals surface area contributed by atoms with Gasteiger partial charge in [-0.1, -0.05) is 11.6 Å². The molecule has 1 amide bonds. The van der Waals surface area contributed by atoms with Crippen LogP contribution in [0.4, 0.5) is 10.1 Å². The summed E-state index contributed by atoms with van der Waals surface area (Å²) in [5, 5.41) is -0.0189. The van der Waals surface area contributed by atoms with E-state index in [4.69, 9.17) is 16.3 Å². The van der Waals surface area contributed by atoms with Crippen molar-refractivity contribution in [1.82, 2.24) is 4.90 Å². The molecule has 0 bridgehead atoms. The van der Waals surface area contributed by atoms with Gasteiger partial charge < -0.3 is 9.64 Å². The molecular formula is C19H20ClFN2O4S. The Labute approximate surface area is 168 Å². The Kier molecular flexibility index (Phi) is 5.92. The Morgan fingerprint density at radius 2 is 1.89 bits per heavy atom. The summed E-state index contributed by atoms with van der Waals surface area (Å²) in [4.78, 5) is 14.3. The van der Waals surface area contributed by atoms with Crippen LogP contribution in [0.15, 0.2) is 47.4 Å². The highest BCUT2D eigenvalue weighted by Crippen LogP contribution is 2.26. The summed E-state index contributed by atoms with van der Waals surface area (Å²) < 4.78 is 46.4. The molecule has 28 heavy (non-hydrogen) atoms. The molecule has 2 atom stereocenters.